The molecule has 0 aromatic carbocycles. The topological polar surface area (TPSA) is 43.4 Å². The number of rotatable bonds is 8. The molecule has 3 nitrogen and oxygen atoms in total. The van der Waals surface area contributed by atoms with E-state index in [1.165, 1.54) is 32.1 Å². The highest BCUT2D eigenvalue weighted by atomic mass is 16.6. The van der Waals surface area contributed by atoms with Gasteiger partial charge in [-0.15, -0.1) is 0 Å². The summed E-state index contributed by atoms with van der Waals surface area (Å²) in [6, 6.07) is 0. The van der Waals surface area contributed by atoms with Crippen LogP contribution in [0.15, 0.2) is 0 Å². The van der Waals surface area contributed by atoms with Crippen molar-refractivity contribution in [1.29, 1.82) is 0 Å². The molecule has 0 saturated carbocycles. The lowest BCUT2D eigenvalue weighted by Crippen LogP contribution is -2.25. The molecule has 0 spiro atoms. The van der Waals surface area contributed by atoms with E-state index in [9.17, 15) is 9.59 Å². The van der Waals surface area contributed by atoms with Crippen LogP contribution in [0.25, 0.3) is 0 Å². The average molecular weight is 256 g/mol. The van der Waals surface area contributed by atoms with Crippen molar-refractivity contribution in [3.8, 4) is 0 Å². The Labute approximate surface area is 111 Å². The summed E-state index contributed by atoms with van der Waals surface area (Å²) in [4.78, 5) is 22.8. The highest BCUT2D eigenvalue weighted by Gasteiger charge is 2.25. The van der Waals surface area contributed by atoms with Crippen LogP contribution in [0.3, 0.4) is 0 Å². The highest BCUT2D eigenvalue weighted by Crippen LogP contribution is 2.16. The van der Waals surface area contributed by atoms with Gasteiger partial charge in [0.05, 0.1) is 5.41 Å². The summed E-state index contributed by atoms with van der Waals surface area (Å²) in [5.41, 5.74) is -0.601. The van der Waals surface area contributed by atoms with Gasteiger partial charge in [-0.25, -0.2) is 0 Å². The second kappa shape index (κ2) is 9.12. The highest BCUT2D eigenvalue weighted by molar-refractivity contribution is 5.88. The zero-order valence-corrected chi connectivity index (χ0v) is 12.4. The number of ether oxygens (including phenoxy) is 1. The van der Waals surface area contributed by atoms with E-state index >= 15 is 0 Å². The maximum Gasteiger partial charge on any atom is 0.318 e. The maximum absolute atomic E-state index is 11.4. The van der Waals surface area contributed by atoms with Gasteiger partial charge in [-0.1, -0.05) is 45.4 Å². The van der Waals surface area contributed by atoms with Crippen molar-refractivity contribution >= 4 is 11.9 Å². The van der Waals surface area contributed by atoms with E-state index in [2.05, 4.69) is 6.92 Å². The molecule has 0 aliphatic carbocycles. The molecule has 0 N–H and O–H groups in total. The van der Waals surface area contributed by atoms with Crippen molar-refractivity contribution in [2.75, 3.05) is 0 Å². The zero-order valence-electron chi connectivity index (χ0n) is 12.4. The molecule has 0 unspecified atom stereocenters. The van der Waals surface area contributed by atoms with Crippen LogP contribution in [-0.2, 0) is 14.3 Å². The van der Waals surface area contributed by atoms with Gasteiger partial charge in [0.25, 0.3) is 0 Å². The van der Waals surface area contributed by atoms with E-state index in [1.54, 1.807) is 20.8 Å². The summed E-state index contributed by atoms with van der Waals surface area (Å²) in [7, 11) is 0. The molecule has 0 aromatic heterocycles. The van der Waals surface area contributed by atoms with Crippen molar-refractivity contribution in [3.05, 3.63) is 0 Å². The van der Waals surface area contributed by atoms with Gasteiger partial charge in [0, 0.05) is 6.42 Å². The molecule has 0 bridgehead atoms. The molecule has 0 rings (SSSR count). The first kappa shape index (κ1) is 17.1. The summed E-state index contributed by atoms with van der Waals surface area (Å²) < 4.78 is 4.78. The number of unbranched alkanes of at least 4 members (excludes halogenated alkanes) is 6. The molecular formula is C15H28O3. The lowest BCUT2D eigenvalue weighted by Gasteiger charge is -2.15. The molecular weight excluding hydrogens is 228 g/mol. The van der Waals surface area contributed by atoms with Crippen molar-refractivity contribution in [2.24, 2.45) is 5.41 Å². The van der Waals surface area contributed by atoms with Gasteiger partial charge in [0.15, 0.2) is 0 Å². The molecule has 0 atom stereocenters. The SMILES string of the molecule is CCCCCCCCCC(=O)OC(=O)C(C)(C)C. The van der Waals surface area contributed by atoms with E-state index in [4.69, 9.17) is 4.74 Å². The average Bonchev–Trinajstić information content (AvgIpc) is 2.26. The predicted molar refractivity (Wildman–Crippen MR) is 73.2 cm³/mol. The van der Waals surface area contributed by atoms with E-state index in [0.29, 0.717) is 6.42 Å². The van der Waals surface area contributed by atoms with E-state index in [1.807, 2.05) is 0 Å². The van der Waals surface area contributed by atoms with Gasteiger partial charge in [0.2, 0.25) is 0 Å². The summed E-state index contributed by atoms with van der Waals surface area (Å²) in [5, 5.41) is 0. The zero-order chi connectivity index (χ0) is 14.0. The standard InChI is InChI=1S/C15H28O3/c1-5-6-7-8-9-10-11-12-13(16)18-14(17)15(2,3)4/h5-12H2,1-4H3. The molecule has 0 fully saturated rings. The normalized spacial score (nSPS) is 11.3. The van der Waals surface area contributed by atoms with Crippen molar-refractivity contribution in [3.63, 3.8) is 0 Å². The third-order valence-corrected chi connectivity index (χ3v) is 2.80. The maximum atomic E-state index is 11.4. The second-order valence-electron chi connectivity index (χ2n) is 5.88. The van der Waals surface area contributed by atoms with Gasteiger partial charge in [-0.3, -0.25) is 9.59 Å². The predicted octanol–water partition coefficient (Wildman–Crippen LogP) is 4.24. The van der Waals surface area contributed by atoms with Crippen molar-refractivity contribution in [1.82, 2.24) is 0 Å². The fourth-order valence-electron chi connectivity index (χ4n) is 1.53. The molecule has 0 aliphatic rings. The quantitative estimate of drug-likeness (QED) is 0.370. The smallest absolute Gasteiger partial charge is 0.318 e. The molecule has 0 heterocycles. The minimum absolute atomic E-state index is 0.357. The Morgan fingerprint density at radius 1 is 0.889 bits per heavy atom. The Hall–Kier alpha value is -0.860. The summed E-state index contributed by atoms with van der Waals surface area (Å²) >= 11 is 0. The lowest BCUT2D eigenvalue weighted by atomic mass is 9.97. The first-order valence-corrected chi connectivity index (χ1v) is 7.13. The summed E-state index contributed by atoms with van der Waals surface area (Å²) in [6.07, 6.45) is 8.46. The third-order valence-electron chi connectivity index (χ3n) is 2.80. The third kappa shape index (κ3) is 9.20. The largest absolute Gasteiger partial charge is 0.393 e. The minimum atomic E-state index is -0.601. The van der Waals surface area contributed by atoms with Gasteiger partial charge in [-0.05, 0) is 27.2 Å². The Balaban J connectivity index is 3.52. The molecule has 3 heteroatoms. The van der Waals surface area contributed by atoms with Crippen LogP contribution in [-0.4, -0.2) is 11.9 Å². The number of carbonyl (C=O) groups is 2. The van der Waals surface area contributed by atoms with Crippen LogP contribution < -0.4 is 0 Å². The van der Waals surface area contributed by atoms with Gasteiger partial charge in [-0.2, -0.15) is 0 Å². The molecule has 0 aromatic rings. The van der Waals surface area contributed by atoms with Crippen molar-refractivity contribution in [2.45, 2.75) is 79.1 Å². The number of hydrogen-bond donors (Lipinski definition) is 0. The molecule has 0 aliphatic heterocycles. The van der Waals surface area contributed by atoms with Gasteiger partial charge < -0.3 is 4.74 Å². The van der Waals surface area contributed by atoms with Crippen LogP contribution in [0.2, 0.25) is 0 Å². The Morgan fingerprint density at radius 2 is 1.39 bits per heavy atom. The van der Waals surface area contributed by atoms with Crippen LogP contribution >= 0.6 is 0 Å². The molecule has 18 heavy (non-hydrogen) atoms. The van der Waals surface area contributed by atoms with E-state index < -0.39 is 11.4 Å². The van der Waals surface area contributed by atoms with Crippen LogP contribution in [0, 0.1) is 5.41 Å². The van der Waals surface area contributed by atoms with Gasteiger partial charge >= 0.3 is 11.9 Å². The van der Waals surface area contributed by atoms with Gasteiger partial charge in [0.1, 0.15) is 0 Å². The Kier molecular flexibility index (Phi) is 8.69. The fourth-order valence-corrected chi connectivity index (χ4v) is 1.53. The fraction of sp³-hybridized carbons (Fsp3) is 0.867. The van der Waals surface area contributed by atoms with Crippen molar-refractivity contribution < 1.29 is 14.3 Å². The Morgan fingerprint density at radius 3 is 1.89 bits per heavy atom. The number of esters is 2. The summed E-state index contributed by atoms with van der Waals surface area (Å²) in [6.45, 7) is 7.44. The molecule has 0 saturated heterocycles. The molecule has 0 amide bonds. The minimum Gasteiger partial charge on any atom is -0.393 e. The number of carbonyl (C=O) groups excluding carboxylic acids is 2. The Bertz CT molecular complexity index is 251. The molecule has 0 radical (unpaired) electrons. The second-order valence-corrected chi connectivity index (χ2v) is 5.88. The molecule has 106 valence electrons. The lowest BCUT2D eigenvalue weighted by molar-refractivity contribution is -0.165. The van der Waals surface area contributed by atoms with E-state index in [-0.39, 0.29) is 5.97 Å². The first-order chi connectivity index (χ1) is 8.38. The first-order valence-electron chi connectivity index (χ1n) is 7.13. The van der Waals surface area contributed by atoms with Crippen LogP contribution in [0.1, 0.15) is 79.1 Å². The summed E-state index contributed by atoms with van der Waals surface area (Å²) in [5.74, 6) is -0.820. The van der Waals surface area contributed by atoms with E-state index in [0.717, 1.165) is 12.8 Å². The van der Waals surface area contributed by atoms with Crippen LogP contribution in [0.5, 0.6) is 0 Å². The van der Waals surface area contributed by atoms with Crippen LogP contribution in [0.4, 0.5) is 0 Å². The monoisotopic (exact) mass is 256 g/mol. The number of hydrogen-bond acceptors (Lipinski definition) is 3.